The minimum absolute atomic E-state index is 0.0392. The zero-order valence-electron chi connectivity index (χ0n) is 10.9. The molecule has 0 radical (unpaired) electrons. The van der Waals surface area contributed by atoms with E-state index in [1.807, 2.05) is 0 Å². The van der Waals surface area contributed by atoms with Crippen molar-refractivity contribution in [3.05, 3.63) is 47.0 Å². The molecule has 6 heteroatoms. The Balaban J connectivity index is 1.82. The zero-order chi connectivity index (χ0) is 14.8. The average Bonchev–Trinajstić information content (AvgIpc) is 2.49. The number of hydrogen-bond acceptors (Lipinski definition) is 4. The molecule has 1 aliphatic heterocycles. The molecule has 1 amide bonds. The Morgan fingerprint density at radius 3 is 2.62 bits per heavy atom. The van der Waals surface area contributed by atoms with Gasteiger partial charge in [-0.1, -0.05) is 11.6 Å². The third-order valence-electron chi connectivity index (χ3n) is 3.01. The van der Waals surface area contributed by atoms with Crippen molar-refractivity contribution in [3.8, 4) is 17.2 Å². The maximum Gasteiger partial charge on any atom is 0.255 e. The summed E-state index contributed by atoms with van der Waals surface area (Å²) in [5.41, 5.74) is 0.859. The summed E-state index contributed by atoms with van der Waals surface area (Å²) in [7, 11) is 0. The molecule has 0 unspecified atom stereocenters. The Bertz CT molecular complexity index is 702. The van der Waals surface area contributed by atoms with Gasteiger partial charge in [0.15, 0.2) is 11.5 Å². The van der Waals surface area contributed by atoms with Crippen LogP contribution in [0.25, 0.3) is 0 Å². The molecule has 2 aromatic rings. The quantitative estimate of drug-likeness (QED) is 0.837. The number of hydrogen-bond donors (Lipinski definition) is 2. The van der Waals surface area contributed by atoms with Crippen LogP contribution < -0.4 is 14.8 Å². The maximum absolute atomic E-state index is 12.2. The number of halogens is 1. The largest absolute Gasteiger partial charge is 0.508 e. The number of carbonyl (C=O) groups excluding carboxylic acids is 1. The van der Waals surface area contributed by atoms with Crippen LogP contribution in [0.3, 0.4) is 0 Å². The third-order valence-corrected chi connectivity index (χ3v) is 3.32. The third kappa shape index (κ3) is 2.87. The van der Waals surface area contributed by atoms with E-state index in [0.717, 1.165) is 0 Å². The van der Waals surface area contributed by atoms with Crippen molar-refractivity contribution >= 4 is 23.2 Å². The van der Waals surface area contributed by atoms with Crippen molar-refractivity contribution in [1.82, 2.24) is 0 Å². The fraction of sp³-hybridized carbons (Fsp3) is 0.133. The van der Waals surface area contributed by atoms with Crippen LogP contribution >= 0.6 is 11.6 Å². The number of anilines is 1. The maximum atomic E-state index is 12.2. The zero-order valence-corrected chi connectivity index (χ0v) is 11.7. The van der Waals surface area contributed by atoms with Gasteiger partial charge in [-0.3, -0.25) is 4.79 Å². The van der Waals surface area contributed by atoms with Crippen LogP contribution in [0.1, 0.15) is 10.4 Å². The number of phenols is 1. The van der Waals surface area contributed by atoms with E-state index < -0.39 is 0 Å². The molecule has 5 nitrogen and oxygen atoms in total. The summed E-state index contributed by atoms with van der Waals surface area (Å²) in [6.07, 6.45) is 0. The fourth-order valence-corrected chi connectivity index (χ4v) is 2.21. The van der Waals surface area contributed by atoms with Crippen LogP contribution in [0.2, 0.25) is 5.02 Å². The molecule has 3 rings (SSSR count). The summed E-state index contributed by atoms with van der Waals surface area (Å²) in [6, 6.07) is 9.32. The van der Waals surface area contributed by atoms with E-state index in [0.29, 0.717) is 36.0 Å². The molecular weight excluding hydrogens is 294 g/mol. The van der Waals surface area contributed by atoms with Crippen LogP contribution in [0.4, 0.5) is 5.69 Å². The van der Waals surface area contributed by atoms with Gasteiger partial charge in [-0.2, -0.15) is 0 Å². The molecule has 0 bridgehead atoms. The Morgan fingerprint density at radius 1 is 1.10 bits per heavy atom. The van der Waals surface area contributed by atoms with Crippen LogP contribution in [-0.2, 0) is 0 Å². The van der Waals surface area contributed by atoms with Crippen molar-refractivity contribution in [3.63, 3.8) is 0 Å². The molecule has 0 aliphatic carbocycles. The Labute approximate surface area is 126 Å². The molecule has 0 aromatic heterocycles. The second-order valence-electron chi connectivity index (χ2n) is 4.48. The van der Waals surface area contributed by atoms with Gasteiger partial charge in [0.25, 0.3) is 5.91 Å². The lowest BCUT2D eigenvalue weighted by Gasteiger charge is -2.18. The monoisotopic (exact) mass is 305 g/mol. The number of nitrogens with one attached hydrogen (secondary N) is 1. The first-order valence-electron chi connectivity index (χ1n) is 6.33. The normalized spacial score (nSPS) is 12.8. The number of amides is 1. The van der Waals surface area contributed by atoms with Crippen molar-refractivity contribution in [2.24, 2.45) is 0 Å². The predicted octanol–water partition coefficient (Wildman–Crippen LogP) is 3.07. The van der Waals surface area contributed by atoms with E-state index in [1.165, 1.54) is 18.2 Å². The van der Waals surface area contributed by atoms with Gasteiger partial charge in [0.05, 0.1) is 10.7 Å². The molecule has 108 valence electrons. The summed E-state index contributed by atoms with van der Waals surface area (Å²) in [6.45, 7) is 0.962. The minimum Gasteiger partial charge on any atom is -0.508 e. The second-order valence-corrected chi connectivity index (χ2v) is 4.88. The van der Waals surface area contributed by atoms with Crippen molar-refractivity contribution in [1.29, 1.82) is 0 Å². The summed E-state index contributed by atoms with van der Waals surface area (Å²) in [4.78, 5) is 12.2. The molecule has 0 saturated carbocycles. The minimum atomic E-state index is -0.320. The van der Waals surface area contributed by atoms with Gasteiger partial charge in [0, 0.05) is 11.6 Å². The molecule has 21 heavy (non-hydrogen) atoms. The van der Waals surface area contributed by atoms with E-state index >= 15 is 0 Å². The number of rotatable bonds is 2. The topological polar surface area (TPSA) is 67.8 Å². The summed E-state index contributed by atoms with van der Waals surface area (Å²) in [5.74, 6) is 0.892. The predicted molar refractivity (Wildman–Crippen MR) is 78.5 cm³/mol. The highest BCUT2D eigenvalue weighted by atomic mass is 35.5. The molecule has 1 aliphatic rings. The van der Waals surface area contributed by atoms with E-state index in [-0.39, 0.29) is 16.7 Å². The summed E-state index contributed by atoms with van der Waals surface area (Å²) in [5, 5.41) is 12.2. The van der Waals surface area contributed by atoms with E-state index in [9.17, 15) is 9.90 Å². The van der Waals surface area contributed by atoms with Gasteiger partial charge in [-0.15, -0.1) is 0 Å². The first-order valence-corrected chi connectivity index (χ1v) is 6.71. The number of aromatic hydroxyl groups is 1. The van der Waals surface area contributed by atoms with Gasteiger partial charge in [-0.25, -0.2) is 0 Å². The molecular formula is C15H12ClNO4. The molecule has 2 aromatic carbocycles. The fourth-order valence-electron chi connectivity index (χ4n) is 1.98. The number of benzene rings is 2. The van der Waals surface area contributed by atoms with Gasteiger partial charge in [0.1, 0.15) is 19.0 Å². The number of fused-ring (bicyclic) bond motifs is 1. The van der Waals surface area contributed by atoms with Crippen molar-refractivity contribution < 1.29 is 19.4 Å². The SMILES string of the molecule is O=C(Nc1ccc(O)cc1Cl)c1ccc2c(c1)OCCO2. The molecule has 0 atom stereocenters. The summed E-state index contributed by atoms with van der Waals surface area (Å²) < 4.78 is 10.8. The molecule has 0 saturated heterocycles. The number of carbonyl (C=O) groups is 1. The second kappa shape index (κ2) is 5.54. The van der Waals surface area contributed by atoms with E-state index in [2.05, 4.69) is 5.32 Å². The molecule has 0 fully saturated rings. The lowest BCUT2D eigenvalue weighted by Crippen LogP contribution is -2.17. The van der Waals surface area contributed by atoms with Gasteiger partial charge in [0.2, 0.25) is 0 Å². The Kier molecular flexibility index (Phi) is 3.58. The molecule has 2 N–H and O–H groups in total. The highest BCUT2D eigenvalue weighted by Crippen LogP contribution is 2.31. The highest BCUT2D eigenvalue weighted by molar-refractivity contribution is 6.34. The summed E-state index contributed by atoms with van der Waals surface area (Å²) >= 11 is 5.96. The number of phenolic OH excluding ortho intramolecular Hbond substituents is 1. The van der Waals surface area contributed by atoms with Gasteiger partial charge >= 0.3 is 0 Å². The first-order chi connectivity index (χ1) is 10.1. The standard InChI is InChI=1S/C15H12ClNO4/c16-11-8-10(18)2-3-12(11)17-15(19)9-1-4-13-14(7-9)21-6-5-20-13/h1-4,7-8,18H,5-6H2,(H,17,19). The van der Waals surface area contributed by atoms with Gasteiger partial charge < -0.3 is 19.9 Å². The lowest BCUT2D eigenvalue weighted by molar-refractivity contribution is 0.102. The smallest absolute Gasteiger partial charge is 0.255 e. The van der Waals surface area contributed by atoms with Gasteiger partial charge in [-0.05, 0) is 30.3 Å². The van der Waals surface area contributed by atoms with E-state index in [4.69, 9.17) is 21.1 Å². The Hall–Kier alpha value is -2.40. The van der Waals surface area contributed by atoms with Crippen molar-refractivity contribution in [2.75, 3.05) is 18.5 Å². The first kappa shape index (κ1) is 13.6. The molecule has 0 spiro atoms. The van der Waals surface area contributed by atoms with Crippen molar-refractivity contribution in [2.45, 2.75) is 0 Å². The van der Waals surface area contributed by atoms with Crippen LogP contribution in [0, 0.1) is 0 Å². The van der Waals surface area contributed by atoms with Crippen LogP contribution in [0.5, 0.6) is 17.2 Å². The molecule has 1 heterocycles. The lowest BCUT2D eigenvalue weighted by atomic mass is 10.1. The Morgan fingerprint density at radius 2 is 1.86 bits per heavy atom. The number of ether oxygens (including phenoxy) is 2. The van der Waals surface area contributed by atoms with E-state index in [1.54, 1.807) is 18.2 Å². The van der Waals surface area contributed by atoms with Crippen LogP contribution in [0.15, 0.2) is 36.4 Å². The highest BCUT2D eigenvalue weighted by Gasteiger charge is 2.15. The van der Waals surface area contributed by atoms with Crippen LogP contribution in [-0.4, -0.2) is 24.2 Å². The average molecular weight is 306 g/mol.